The van der Waals surface area contributed by atoms with Gasteiger partial charge in [-0.1, -0.05) is 31.2 Å². The maximum atomic E-state index is 14.3. The monoisotopic (exact) mass is 363 g/mol. The molecular formula is C22H17F2N2O. The summed E-state index contributed by atoms with van der Waals surface area (Å²) in [6, 6.07) is 16.5. The summed E-state index contributed by atoms with van der Waals surface area (Å²) in [5.74, 6) is -2.29. The summed E-state index contributed by atoms with van der Waals surface area (Å²) in [6.45, 7) is 2.16. The number of hydrogen-bond donors (Lipinski definition) is 1. The van der Waals surface area contributed by atoms with E-state index in [1.54, 1.807) is 18.2 Å². The van der Waals surface area contributed by atoms with Crippen LogP contribution in [0, 0.1) is 17.7 Å². The Morgan fingerprint density at radius 2 is 1.93 bits per heavy atom. The minimum Gasteiger partial charge on any atom is -0.366 e. The average Bonchev–Trinajstić information content (AvgIpc) is 2.98. The van der Waals surface area contributed by atoms with E-state index in [4.69, 9.17) is 5.73 Å². The van der Waals surface area contributed by atoms with Crippen LogP contribution in [0.2, 0.25) is 0 Å². The van der Waals surface area contributed by atoms with Crippen LogP contribution in [-0.4, -0.2) is 10.5 Å². The molecule has 0 unspecified atom stereocenters. The van der Waals surface area contributed by atoms with Crippen molar-refractivity contribution in [1.29, 1.82) is 0 Å². The van der Waals surface area contributed by atoms with E-state index in [1.807, 2.05) is 29.7 Å². The zero-order valence-corrected chi connectivity index (χ0v) is 14.7. The molecule has 0 bridgehead atoms. The molecule has 0 aliphatic carbocycles. The molecule has 0 fully saturated rings. The second-order valence-corrected chi connectivity index (χ2v) is 6.48. The second-order valence-electron chi connectivity index (χ2n) is 6.48. The lowest BCUT2D eigenvalue weighted by Gasteiger charge is -2.10. The van der Waals surface area contributed by atoms with Gasteiger partial charge in [-0.2, -0.15) is 0 Å². The molecule has 1 aromatic heterocycles. The highest BCUT2D eigenvalue weighted by atomic mass is 19.2. The van der Waals surface area contributed by atoms with E-state index < -0.39 is 17.5 Å². The fourth-order valence-corrected chi connectivity index (χ4v) is 3.52. The number of primary amides is 1. The van der Waals surface area contributed by atoms with Gasteiger partial charge in [0, 0.05) is 21.9 Å². The van der Waals surface area contributed by atoms with Crippen molar-refractivity contribution >= 4 is 27.7 Å². The first-order valence-corrected chi connectivity index (χ1v) is 8.69. The van der Waals surface area contributed by atoms with Crippen molar-refractivity contribution in [2.75, 3.05) is 0 Å². The van der Waals surface area contributed by atoms with Crippen molar-refractivity contribution in [3.63, 3.8) is 0 Å². The summed E-state index contributed by atoms with van der Waals surface area (Å²) in [6.07, 6.45) is 0.810. The summed E-state index contributed by atoms with van der Waals surface area (Å²) in [7, 11) is 0. The van der Waals surface area contributed by atoms with Crippen molar-refractivity contribution in [2.45, 2.75) is 19.9 Å². The number of amides is 1. The number of benzene rings is 3. The second kappa shape index (κ2) is 6.50. The van der Waals surface area contributed by atoms with Gasteiger partial charge < -0.3 is 10.3 Å². The largest absolute Gasteiger partial charge is 0.366 e. The zero-order chi connectivity index (χ0) is 19.1. The van der Waals surface area contributed by atoms with Crippen LogP contribution in [0.5, 0.6) is 0 Å². The topological polar surface area (TPSA) is 48.0 Å². The summed E-state index contributed by atoms with van der Waals surface area (Å²) in [5, 5.41) is 1.42. The van der Waals surface area contributed by atoms with Crippen LogP contribution < -0.4 is 5.73 Å². The fourth-order valence-electron chi connectivity index (χ4n) is 3.52. The fraction of sp³-hybridized carbons (Fsp3) is 0.136. The molecule has 1 radical (unpaired) electrons. The number of nitrogens with two attached hydrogens (primary N) is 1. The van der Waals surface area contributed by atoms with Gasteiger partial charge in [-0.05, 0) is 42.3 Å². The minimum atomic E-state index is -0.882. The quantitative estimate of drug-likeness (QED) is 0.567. The van der Waals surface area contributed by atoms with Gasteiger partial charge in [0.2, 0.25) is 5.91 Å². The van der Waals surface area contributed by atoms with Crippen LogP contribution in [0.4, 0.5) is 8.78 Å². The van der Waals surface area contributed by atoms with E-state index in [1.165, 1.54) is 6.07 Å². The number of nitrogens with zero attached hydrogens (tertiary/aromatic N) is 1. The predicted octanol–water partition coefficient (Wildman–Crippen LogP) is 4.58. The SMILES string of the molecule is CCc1c[c]c2c3c(C(N)=O)cccc3n(Cc3cccc(F)c3F)c2c1. The molecule has 2 N–H and O–H groups in total. The zero-order valence-electron chi connectivity index (χ0n) is 14.7. The smallest absolute Gasteiger partial charge is 0.249 e. The Kier molecular flexibility index (Phi) is 4.15. The number of aromatic nitrogens is 1. The van der Waals surface area contributed by atoms with Crippen molar-refractivity contribution in [2.24, 2.45) is 5.73 Å². The summed E-state index contributed by atoms with van der Waals surface area (Å²) in [4.78, 5) is 11.9. The lowest BCUT2D eigenvalue weighted by atomic mass is 10.0. The van der Waals surface area contributed by atoms with Gasteiger partial charge in [0.05, 0.1) is 17.6 Å². The van der Waals surface area contributed by atoms with Gasteiger partial charge in [-0.3, -0.25) is 4.79 Å². The number of rotatable bonds is 4. The first kappa shape index (κ1) is 17.2. The Labute approximate surface area is 155 Å². The van der Waals surface area contributed by atoms with Gasteiger partial charge in [-0.15, -0.1) is 0 Å². The molecule has 3 aromatic carbocycles. The van der Waals surface area contributed by atoms with Gasteiger partial charge in [0.1, 0.15) is 0 Å². The molecule has 1 heterocycles. The molecule has 0 saturated carbocycles. The van der Waals surface area contributed by atoms with E-state index in [2.05, 4.69) is 6.07 Å². The minimum absolute atomic E-state index is 0.132. The maximum absolute atomic E-state index is 14.3. The number of aryl methyl sites for hydroxylation is 1. The predicted molar refractivity (Wildman–Crippen MR) is 102 cm³/mol. The van der Waals surface area contributed by atoms with Gasteiger partial charge >= 0.3 is 0 Å². The molecule has 0 atom stereocenters. The first-order chi connectivity index (χ1) is 13.0. The Bertz CT molecular complexity index is 1190. The summed E-state index contributed by atoms with van der Waals surface area (Å²) in [5.41, 5.74) is 8.78. The molecule has 1 amide bonds. The Morgan fingerprint density at radius 3 is 2.67 bits per heavy atom. The van der Waals surface area contributed by atoms with Crippen LogP contribution in [0.15, 0.2) is 48.5 Å². The number of fused-ring (bicyclic) bond motifs is 3. The molecule has 4 rings (SSSR count). The average molecular weight is 363 g/mol. The third-order valence-electron chi connectivity index (χ3n) is 4.89. The van der Waals surface area contributed by atoms with E-state index in [0.717, 1.165) is 34.5 Å². The van der Waals surface area contributed by atoms with E-state index in [-0.39, 0.29) is 12.1 Å². The Hall–Kier alpha value is -3.21. The van der Waals surface area contributed by atoms with Crippen LogP contribution >= 0.6 is 0 Å². The third-order valence-corrected chi connectivity index (χ3v) is 4.89. The molecule has 135 valence electrons. The highest BCUT2D eigenvalue weighted by Crippen LogP contribution is 2.33. The van der Waals surface area contributed by atoms with Crippen molar-refractivity contribution in [3.8, 4) is 0 Å². The molecule has 3 nitrogen and oxygen atoms in total. The van der Waals surface area contributed by atoms with Gasteiger partial charge in [-0.25, -0.2) is 8.78 Å². The number of halogens is 2. The van der Waals surface area contributed by atoms with Crippen LogP contribution in [-0.2, 0) is 13.0 Å². The van der Waals surface area contributed by atoms with Gasteiger partial charge in [0.15, 0.2) is 11.6 Å². The molecular weight excluding hydrogens is 346 g/mol. The standard InChI is InChI=1S/C22H17F2N2O/c1-2-13-9-10-15-19(11-13)26(12-14-5-3-7-17(23)21(14)24)18-8-4-6-16(20(15)18)22(25)27/h3-9,11H,2,12H2,1H3,(H2,25,27). The normalized spacial score (nSPS) is 11.4. The number of carbonyl (C=O) groups excluding carboxylic acids is 1. The lowest BCUT2D eigenvalue weighted by molar-refractivity contribution is 0.100. The number of hydrogen-bond acceptors (Lipinski definition) is 1. The third kappa shape index (κ3) is 2.76. The lowest BCUT2D eigenvalue weighted by Crippen LogP contribution is -2.11. The van der Waals surface area contributed by atoms with E-state index >= 15 is 0 Å². The Balaban J connectivity index is 2.06. The highest BCUT2D eigenvalue weighted by Gasteiger charge is 2.18. The van der Waals surface area contributed by atoms with Gasteiger partial charge in [0.25, 0.3) is 0 Å². The maximum Gasteiger partial charge on any atom is 0.249 e. The molecule has 0 saturated heterocycles. The van der Waals surface area contributed by atoms with E-state index in [9.17, 15) is 13.6 Å². The highest BCUT2D eigenvalue weighted by molar-refractivity contribution is 6.17. The number of carbonyl (C=O) groups is 1. The van der Waals surface area contributed by atoms with Crippen molar-refractivity contribution < 1.29 is 13.6 Å². The Morgan fingerprint density at radius 1 is 1.15 bits per heavy atom. The molecule has 4 aromatic rings. The molecule has 27 heavy (non-hydrogen) atoms. The molecule has 0 spiro atoms. The van der Waals surface area contributed by atoms with Crippen LogP contribution in [0.3, 0.4) is 0 Å². The summed E-state index contributed by atoms with van der Waals surface area (Å²) >= 11 is 0. The van der Waals surface area contributed by atoms with Crippen molar-refractivity contribution in [1.82, 2.24) is 4.57 Å². The van der Waals surface area contributed by atoms with E-state index in [0.29, 0.717) is 10.9 Å². The summed E-state index contributed by atoms with van der Waals surface area (Å²) < 4.78 is 29.8. The van der Waals surface area contributed by atoms with Crippen molar-refractivity contribution in [3.05, 3.63) is 82.9 Å². The molecule has 0 aliphatic rings. The molecule has 0 aliphatic heterocycles. The first-order valence-electron chi connectivity index (χ1n) is 8.69. The van der Waals surface area contributed by atoms with Crippen LogP contribution in [0.1, 0.15) is 28.4 Å². The van der Waals surface area contributed by atoms with Crippen LogP contribution in [0.25, 0.3) is 21.8 Å². The molecule has 5 heteroatoms.